The van der Waals surface area contributed by atoms with Gasteiger partial charge in [-0.3, -0.25) is 4.79 Å². The van der Waals surface area contributed by atoms with Crippen LogP contribution >= 0.6 is 0 Å². The molecule has 0 saturated carbocycles. The minimum absolute atomic E-state index is 0.0522. The lowest BCUT2D eigenvalue weighted by atomic mass is 10.2. The molecule has 1 amide bonds. The molecule has 0 aliphatic heterocycles. The van der Waals surface area contributed by atoms with Crippen molar-refractivity contribution in [2.24, 2.45) is 0 Å². The maximum Gasteiger partial charge on any atom is 0.223 e. The monoisotopic (exact) mass is 392 g/mol. The van der Waals surface area contributed by atoms with E-state index in [2.05, 4.69) is 4.98 Å². The molecular weight excluding hydrogens is 371 g/mol. The van der Waals surface area contributed by atoms with E-state index in [4.69, 9.17) is 8.83 Å². The van der Waals surface area contributed by atoms with Crippen molar-refractivity contribution in [1.82, 2.24) is 9.88 Å². The minimum atomic E-state index is -0.370. The summed E-state index contributed by atoms with van der Waals surface area (Å²) in [6.07, 6.45) is 2.06. The number of aromatic nitrogens is 1. The van der Waals surface area contributed by atoms with Crippen LogP contribution in [-0.2, 0) is 11.2 Å². The van der Waals surface area contributed by atoms with Crippen LogP contribution in [0.3, 0.4) is 0 Å². The van der Waals surface area contributed by atoms with Crippen molar-refractivity contribution in [2.75, 3.05) is 7.05 Å². The van der Waals surface area contributed by atoms with Gasteiger partial charge in [-0.05, 0) is 31.2 Å². The van der Waals surface area contributed by atoms with Gasteiger partial charge in [0, 0.05) is 25.3 Å². The summed E-state index contributed by atoms with van der Waals surface area (Å²) in [5.41, 5.74) is 1.16. The molecule has 2 aromatic heterocycles. The van der Waals surface area contributed by atoms with Crippen LogP contribution in [0.4, 0.5) is 4.39 Å². The fraction of sp³-hybridized carbons (Fsp3) is 0.217. The van der Waals surface area contributed by atoms with E-state index in [0.717, 1.165) is 16.7 Å². The van der Waals surface area contributed by atoms with Crippen LogP contribution in [0.1, 0.15) is 31.0 Å². The molecule has 2 heterocycles. The molecule has 6 heteroatoms. The molecule has 148 valence electrons. The third-order valence-corrected chi connectivity index (χ3v) is 5.08. The summed E-state index contributed by atoms with van der Waals surface area (Å²) in [7, 11) is 1.75. The van der Waals surface area contributed by atoms with Gasteiger partial charge >= 0.3 is 0 Å². The lowest BCUT2D eigenvalue weighted by Crippen LogP contribution is -2.29. The molecule has 5 nitrogen and oxygen atoms in total. The number of oxazole rings is 1. The van der Waals surface area contributed by atoms with Crippen LogP contribution in [0, 0.1) is 5.82 Å². The van der Waals surface area contributed by atoms with Crippen molar-refractivity contribution in [2.45, 2.75) is 25.8 Å². The van der Waals surface area contributed by atoms with Gasteiger partial charge in [-0.15, -0.1) is 0 Å². The van der Waals surface area contributed by atoms with Crippen LogP contribution in [0.2, 0.25) is 0 Å². The Balaban J connectivity index is 1.40. The first-order valence-electron chi connectivity index (χ1n) is 9.46. The van der Waals surface area contributed by atoms with Crippen LogP contribution < -0.4 is 0 Å². The van der Waals surface area contributed by atoms with Crippen molar-refractivity contribution in [3.8, 4) is 11.3 Å². The highest BCUT2D eigenvalue weighted by molar-refractivity contribution is 5.79. The Morgan fingerprint density at radius 3 is 2.69 bits per heavy atom. The smallest absolute Gasteiger partial charge is 0.223 e. The normalized spacial score (nSPS) is 12.2. The first-order chi connectivity index (χ1) is 14.0. The fourth-order valence-electron chi connectivity index (χ4n) is 3.22. The first-order valence-corrected chi connectivity index (χ1v) is 9.46. The number of furan rings is 1. The molecule has 1 atom stereocenters. The molecule has 2 aromatic carbocycles. The van der Waals surface area contributed by atoms with Gasteiger partial charge in [0.1, 0.15) is 17.2 Å². The van der Waals surface area contributed by atoms with Gasteiger partial charge in [0.2, 0.25) is 5.91 Å². The summed E-state index contributed by atoms with van der Waals surface area (Å²) in [5, 5.41) is 1.01. The molecule has 0 saturated heterocycles. The Kier molecular flexibility index (Phi) is 5.16. The highest BCUT2D eigenvalue weighted by atomic mass is 19.1. The van der Waals surface area contributed by atoms with Crippen molar-refractivity contribution in [3.05, 3.63) is 78.3 Å². The largest absolute Gasteiger partial charge is 0.459 e. The van der Waals surface area contributed by atoms with E-state index < -0.39 is 0 Å². The zero-order valence-corrected chi connectivity index (χ0v) is 16.3. The highest BCUT2D eigenvalue weighted by Gasteiger charge is 2.21. The van der Waals surface area contributed by atoms with Gasteiger partial charge in [-0.25, -0.2) is 9.37 Å². The lowest BCUT2D eigenvalue weighted by molar-refractivity contribution is -0.132. The number of nitrogens with zero attached hydrogens (tertiary/aromatic N) is 2. The third kappa shape index (κ3) is 3.92. The number of carbonyl (C=O) groups is 1. The molecule has 0 N–H and O–H groups in total. The number of para-hydroxylation sites is 1. The number of fused-ring (bicyclic) bond motifs is 1. The van der Waals surface area contributed by atoms with E-state index in [0.29, 0.717) is 23.6 Å². The number of benzene rings is 2. The molecule has 29 heavy (non-hydrogen) atoms. The average molecular weight is 392 g/mol. The van der Waals surface area contributed by atoms with Gasteiger partial charge in [0.05, 0.1) is 17.8 Å². The molecule has 0 aliphatic carbocycles. The van der Waals surface area contributed by atoms with Crippen LogP contribution in [-0.4, -0.2) is 22.8 Å². The number of carbonyl (C=O) groups excluding carboxylic acids is 1. The zero-order chi connectivity index (χ0) is 20.4. The Hall–Kier alpha value is -3.41. The Labute approximate surface area is 167 Å². The zero-order valence-electron chi connectivity index (χ0n) is 16.3. The molecular formula is C23H21FN2O3. The van der Waals surface area contributed by atoms with Crippen molar-refractivity contribution < 1.29 is 18.0 Å². The van der Waals surface area contributed by atoms with E-state index in [1.807, 2.05) is 37.3 Å². The van der Waals surface area contributed by atoms with E-state index in [9.17, 15) is 9.18 Å². The second-order valence-corrected chi connectivity index (χ2v) is 6.97. The number of hydrogen-bond acceptors (Lipinski definition) is 4. The first kappa shape index (κ1) is 18.9. The second kappa shape index (κ2) is 7.91. The lowest BCUT2D eigenvalue weighted by Gasteiger charge is -2.23. The van der Waals surface area contributed by atoms with E-state index >= 15 is 0 Å². The topological polar surface area (TPSA) is 59.5 Å². The number of amides is 1. The van der Waals surface area contributed by atoms with E-state index in [1.165, 1.54) is 12.3 Å². The van der Waals surface area contributed by atoms with Gasteiger partial charge in [-0.1, -0.05) is 30.3 Å². The molecule has 0 aliphatic rings. The Bertz CT molecular complexity index is 1110. The second-order valence-electron chi connectivity index (χ2n) is 6.97. The van der Waals surface area contributed by atoms with Crippen molar-refractivity contribution in [3.63, 3.8) is 0 Å². The van der Waals surface area contributed by atoms with Crippen molar-refractivity contribution in [1.29, 1.82) is 0 Å². The van der Waals surface area contributed by atoms with Gasteiger partial charge < -0.3 is 13.7 Å². The summed E-state index contributed by atoms with van der Waals surface area (Å²) in [4.78, 5) is 18.5. The SMILES string of the molecule is CC(c1cc2ccccc2o1)N(C)C(=O)CCc1ncc(-c2ccccc2F)o1. The summed E-state index contributed by atoms with van der Waals surface area (Å²) >= 11 is 0. The molecule has 0 spiro atoms. The summed E-state index contributed by atoms with van der Waals surface area (Å²) in [5.74, 6) is 1.07. The predicted octanol–water partition coefficient (Wildman–Crippen LogP) is 5.38. The molecule has 4 rings (SSSR count). The molecule has 4 aromatic rings. The highest BCUT2D eigenvalue weighted by Crippen LogP contribution is 2.27. The number of rotatable bonds is 6. The molecule has 0 bridgehead atoms. The van der Waals surface area contributed by atoms with Crippen molar-refractivity contribution >= 4 is 16.9 Å². The number of halogens is 1. The molecule has 1 unspecified atom stereocenters. The Morgan fingerprint density at radius 1 is 1.14 bits per heavy atom. The maximum atomic E-state index is 13.9. The van der Waals surface area contributed by atoms with Crippen LogP contribution in [0.15, 0.2) is 69.6 Å². The van der Waals surface area contributed by atoms with Crippen LogP contribution in [0.5, 0.6) is 0 Å². The minimum Gasteiger partial charge on any atom is -0.459 e. The third-order valence-electron chi connectivity index (χ3n) is 5.08. The standard InChI is InChI=1S/C23H21FN2O3/c1-15(20-13-16-7-3-6-10-19(16)28-20)26(2)23(27)12-11-22-25-14-21(29-22)17-8-4-5-9-18(17)24/h3-10,13-15H,11-12H2,1-2H3. The number of aryl methyl sites for hydroxylation is 1. The Morgan fingerprint density at radius 2 is 1.90 bits per heavy atom. The molecule has 0 fully saturated rings. The fourth-order valence-corrected chi connectivity index (χ4v) is 3.22. The average Bonchev–Trinajstić information content (AvgIpc) is 3.38. The molecule has 0 radical (unpaired) electrons. The van der Waals surface area contributed by atoms with Gasteiger partial charge in [0.25, 0.3) is 0 Å². The quantitative estimate of drug-likeness (QED) is 0.442. The van der Waals surface area contributed by atoms with Gasteiger partial charge in [-0.2, -0.15) is 0 Å². The summed E-state index contributed by atoms with van der Waals surface area (Å²) in [6, 6.07) is 15.9. The van der Waals surface area contributed by atoms with E-state index in [1.54, 1.807) is 30.1 Å². The maximum absolute atomic E-state index is 13.9. The van der Waals surface area contributed by atoms with Gasteiger partial charge in [0.15, 0.2) is 11.7 Å². The predicted molar refractivity (Wildman–Crippen MR) is 108 cm³/mol. The summed E-state index contributed by atoms with van der Waals surface area (Å²) in [6.45, 7) is 1.93. The summed E-state index contributed by atoms with van der Waals surface area (Å²) < 4.78 is 25.4. The number of hydrogen-bond donors (Lipinski definition) is 0. The van der Waals surface area contributed by atoms with E-state index in [-0.39, 0.29) is 24.2 Å². The van der Waals surface area contributed by atoms with Crippen LogP contribution in [0.25, 0.3) is 22.3 Å².